The van der Waals surface area contributed by atoms with Crippen molar-refractivity contribution in [3.8, 4) is 42.4 Å². The first-order valence-corrected chi connectivity index (χ1v) is 31.5. The summed E-state index contributed by atoms with van der Waals surface area (Å²) < 4.78 is 0. The van der Waals surface area contributed by atoms with Gasteiger partial charge in [0.1, 0.15) is 16.1 Å². The van der Waals surface area contributed by atoms with E-state index in [1.165, 1.54) is 9.75 Å². The second kappa shape index (κ2) is 19.0. The van der Waals surface area contributed by atoms with Crippen LogP contribution in [0.5, 0.6) is 0 Å². The fraction of sp³-hybridized carbons (Fsp3) is 0.458. The molecule has 0 spiro atoms. The van der Waals surface area contributed by atoms with E-state index in [2.05, 4.69) is 138 Å². The van der Waals surface area contributed by atoms with Crippen molar-refractivity contribution in [2.75, 3.05) is 13.1 Å². The Labute approximate surface area is 366 Å². The molecule has 0 N–H and O–H groups in total. The summed E-state index contributed by atoms with van der Waals surface area (Å²) in [6, 6.07) is 17.2. The molecule has 2 amide bonds. The number of nitrogens with zero attached hydrogens (tertiary/aromatic N) is 2. The van der Waals surface area contributed by atoms with Gasteiger partial charge in [-0.1, -0.05) is 117 Å². The number of carbonyl (C=O) groups excluding carboxylic acids is 2. The summed E-state index contributed by atoms with van der Waals surface area (Å²) in [5.41, 5.74) is 9.79. The third-order valence-corrected chi connectivity index (χ3v) is 17.0. The van der Waals surface area contributed by atoms with Crippen molar-refractivity contribution in [1.29, 1.82) is 0 Å². The van der Waals surface area contributed by atoms with Gasteiger partial charge in [0.2, 0.25) is 0 Å². The third-order valence-electron chi connectivity index (χ3n) is 10.6. The number of carbonyl (C=O) groups is 2. The number of amides is 2. The number of thiophene rings is 4. The van der Waals surface area contributed by atoms with Crippen LogP contribution in [0, 0.1) is 34.8 Å². The molecule has 10 heteroatoms. The molecule has 0 radical (unpaired) electrons. The van der Waals surface area contributed by atoms with Crippen LogP contribution in [0.15, 0.2) is 59.7 Å². The van der Waals surface area contributed by atoms with Crippen LogP contribution in [0.25, 0.3) is 30.9 Å². The van der Waals surface area contributed by atoms with Gasteiger partial charge in [0.05, 0.1) is 42.0 Å². The molecule has 2 unspecified atom stereocenters. The Morgan fingerprint density at radius 2 is 0.862 bits per heavy atom. The zero-order valence-electron chi connectivity index (χ0n) is 36.2. The van der Waals surface area contributed by atoms with E-state index >= 15 is 9.59 Å². The van der Waals surface area contributed by atoms with Crippen LogP contribution in [-0.4, -0.2) is 50.9 Å². The molecule has 0 saturated heterocycles. The predicted molar refractivity (Wildman–Crippen MR) is 260 cm³/mol. The summed E-state index contributed by atoms with van der Waals surface area (Å²) in [7, 11) is -3.00. The van der Waals surface area contributed by atoms with E-state index in [0.29, 0.717) is 36.1 Å². The first-order valence-electron chi connectivity index (χ1n) is 21.2. The minimum absolute atomic E-state index is 0.0302. The first-order chi connectivity index (χ1) is 27.6. The zero-order valence-corrected chi connectivity index (χ0v) is 41.5. The zero-order chi connectivity index (χ0) is 41.8. The van der Waals surface area contributed by atoms with Crippen molar-refractivity contribution in [1.82, 2.24) is 9.80 Å². The van der Waals surface area contributed by atoms with E-state index in [0.717, 1.165) is 92.0 Å². The molecule has 4 nitrogen and oxygen atoms in total. The third kappa shape index (κ3) is 10.4. The summed E-state index contributed by atoms with van der Waals surface area (Å²) in [4.78, 5) is 43.1. The topological polar surface area (TPSA) is 40.6 Å². The minimum atomic E-state index is -1.50. The van der Waals surface area contributed by atoms with Crippen LogP contribution >= 0.6 is 45.3 Å². The normalized spacial score (nSPS) is 15.6. The van der Waals surface area contributed by atoms with E-state index in [4.69, 9.17) is 0 Å². The van der Waals surface area contributed by atoms with Gasteiger partial charge in [-0.25, -0.2) is 0 Å². The van der Waals surface area contributed by atoms with Gasteiger partial charge in [-0.05, 0) is 73.2 Å². The quantitative estimate of drug-likeness (QED) is 0.0831. The molecule has 4 aromatic heterocycles. The Morgan fingerprint density at radius 3 is 1.21 bits per heavy atom. The molecule has 0 bridgehead atoms. The molecule has 4 aromatic rings. The van der Waals surface area contributed by atoms with E-state index in [-0.39, 0.29) is 11.8 Å². The largest absolute Gasteiger partial charge is 0.306 e. The monoisotopic (exact) mass is 880 g/mol. The molecular formula is C48H60N2O2S4Si2. The van der Waals surface area contributed by atoms with Gasteiger partial charge in [-0.3, -0.25) is 9.59 Å². The van der Waals surface area contributed by atoms with Crippen molar-refractivity contribution in [3.63, 3.8) is 0 Å². The average Bonchev–Trinajstić information content (AvgIpc) is 4.04. The van der Waals surface area contributed by atoms with Crippen LogP contribution in [0.4, 0.5) is 0 Å². The maximum atomic E-state index is 15.2. The van der Waals surface area contributed by atoms with Crippen molar-refractivity contribution < 1.29 is 9.59 Å². The van der Waals surface area contributed by atoms with Gasteiger partial charge in [0, 0.05) is 32.6 Å². The number of hydrogen-bond donors (Lipinski definition) is 0. The lowest BCUT2D eigenvalue weighted by Crippen LogP contribution is -2.34. The van der Waals surface area contributed by atoms with Crippen molar-refractivity contribution in [2.24, 2.45) is 11.8 Å². The molecule has 0 aromatic carbocycles. The molecule has 0 saturated carbocycles. The smallest absolute Gasteiger partial charge is 0.261 e. The number of hydrogen-bond acceptors (Lipinski definition) is 6. The van der Waals surface area contributed by atoms with Gasteiger partial charge in [-0.15, -0.1) is 56.4 Å². The lowest BCUT2D eigenvalue weighted by Gasteiger charge is -2.29. The summed E-state index contributed by atoms with van der Waals surface area (Å²) >= 11 is 6.82. The molecule has 2 aliphatic rings. The Bertz CT molecular complexity index is 2150. The Kier molecular flexibility index (Phi) is 14.5. The van der Waals surface area contributed by atoms with Gasteiger partial charge >= 0.3 is 0 Å². The summed E-state index contributed by atoms with van der Waals surface area (Å²) in [6.45, 7) is 23.8. The fourth-order valence-corrected chi connectivity index (χ4v) is 12.6. The van der Waals surface area contributed by atoms with Crippen molar-refractivity contribution in [3.05, 3.63) is 79.2 Å². The number of rotatable bonds is 16. The van der Waals surface area contributed by atoms with Crippen LogP contribution in [0.2, 0.25) is 39.3 Å². The molecule has 2 atom stereocenters. The SMILES string of the molecule is CCCCC(CC)CN1C(=O)C2=C(c3ccc(-c4ccc(C#C[Si](C)(C)C)s4)s3)N(CC(CC)CCCC)C(=O)C2=C1c1ccc(-c2ccc(C#C[Si](C)(C)C)s2)s1. The molecular weight excluding hydrogens is 821 g/mol. The highest BCUT2D eigenvalue weighted by Crippen LogP contribution is 2.51. The number of fused-ring (bicyclic) bond motifs is 1. The summed E-state index contributed by atoms with van der Waals surface area (Å²) in [5, 5.41) is 0. The lowest BCUT2D eigenvalue weighted by molar-refractivity contribution is -0.124. The van der Waals surface area contributed by atoms with E-state index in [1.54, 1.807) is 45.3 Å². The van der Waals surface area contributed by atoms with Gasteiger partial charge < -0.3 is 9.80 Å². The van der Waals surface area contributed by atoms with Crippen molar-refractivity contribution in [2.45, 2.75) is 118 Å². The lowest BCUT2D eigenvalue weighted by atomic mass is 9.98. The van der Waals surface area contributed by atoms with E-state index in [1.807, 2.05) is 9.80 Å². The number of unbranched alkanes of at least 4 members (excludes halogenated alkanes) is 2. The van der Waals surface area contributed by atoms with Gasteiger partial charge in [-0.2, -0.15) is 0 Å². The van der Waals surface area contributed by atoms with Gasteiger partial charge in [0.25, 0.3) is 11.8 Å². The molecule has 6 rings (SSSR count). The molecule has 6 heterocycles. The molecule has 58 heavy (non-hydrogen) atoms. The summed E-state index contributed by atoms with van der Waals surface area (Å²) in [5.74, 6) is 7.49. The highest BCUT2D eigenvalue weighted by molar-refractivity contribution is 7.23. The first kappa shape index (κ1) is 44.3. The molecule has 0 aliphatic carbocycles. The van der Waals surface area contributed by atoms with Gasteiger partial charge in [0.15, 0.2) is 0 Å². The standard InChI is InChI=1S/C48H60N2O2S4Si2/c1-11-15-17-33(13-3)31-49-45(41-25-23-39(55-41)37-21-19-35(53-37)27-29-57(5,6)7)43-44(47(49)51)46(50(48(43)52)32-34(14-4)18-16-12-2)42-26-24-40(56-42)38-22-20-36(54-38)28-30-58(8,9)10/h19-26,33-34H,11-18,31-32H2,1-10H3. The molecule has 306 valence electrons. The highest BCUT2D eigenvalue weighted by Gasteiger charge is 2.50. The second-order valence-electron chi connectivity index (χ2n) is 17.8. The summed E-state index contributed by atoms with van der Waals surface area (Å²) in [6.07, 6.45) is 8.58. The Hall–Kier alpha value is -3.23. The maximum Gasteiger partial charge on any atom is 0.261 e. The van der Waals surface area contributed by atoms with Crippen LogP contribution in [0.1, 0.15) is 98.6 Å². The highest BCUT2D eigenvalue weighted by atomic mass is 32.1. The van der Waals surface area contributed by atoms with Crippen LogP contribution in [0.3, 0.4) is 0 Å². The van der Waals surface area contributed by atoms with Crippen molar-refractivity contribution >= 4 is 84.7 Å². The maximum absolute atomic E-state index is 15.2. The molecule has 0 fully saturated rings. The average molecular weight is 881 g/mol. The van der Waals surface area contributed by atoms with E-state index < -0.39 is 16.1 Å². The second-order valence-corrected chi connectivity index (χ2v) is 31.6. The Balaban J connectivity index is 1.48. The van der Waals surface area contributed by atoms with Crippen LogP contribution < -0.4 is 0 Å². The fourth-order valence-electron chi connectivity index (χ4n) is 7.38. The minimum Gasteiger partial charge on any atom is -0.306 e. The Morgan fingerprint density at radius 1 is 0.517 bits per heavy atom. The van der Waals surface area contributed by atoms with Crippen LogP contribution in [-0.2, 0) is 9.59 Å². The molecule has 2 aliphatic heterocycles. The van der Waals surface area contributed by atoms with E-state index in [9.17, 15) is 0 Å². The predicted octanol–water partition coefficient (Wildman–Crippen LogP) is 14.0.